The van der Waals surface area contributed by atoms with Gasteiger partial charge in [-0.3, -0.25) is 0 Å². The minimum absolute atomic E-state index is 0.167. The van der Waals surface area contributed by atoms with Crippen molar-refractivity contribution in [2.75, 3.05) is 12.4 Å². The summed E-state index contributed by atoms with van der Waals surface area (Å²) in [5, 5.41) is 0. The third kappa shape index (κ3) is 9.18. The largest absolute Gasteiger partial charge is 0.748 e. The smallest absolute Gasteiger partial charge is 0.333 e. The molecular formula is C12H21O5S-. The predicted molar refractivity (Wildman–Crippen MR) is 68.0 cm³/mol. The van der Waals surface area contributed by atoms with Crippen LogP contribution in [0.1, 0.15) is 40.0 Å². The van der Waals surface area contributed by atoms with Crippen molar-refractivity contribution in [3.8, 4) is 0 Å². The van der Waals surface area contributed by atoms with E-state index in [9.17, 15) is 17.8 Å². The van der Waals surface area contributed by atoms with Crippen LogP contribution in [0.2, 0.25) is 0 Å². The van der Waals surface area contributed by atoms with Crippen molar-refractivity contribution in [2.24, 2.45) is 5.41 Å². The Bertz CT molecular complexity index is 395. The van der Waals surface area contributed by atoms with Crippen LogP contribution in [0.25, 0.3) is 0 Å². The summed E-state index contributed by atoms with van der Waals surface area (Å²) in [5.74, 6) is -0.768. The first-order valence-corrected chi connectivity index (χ1v) is 7.37. The molecular weight excluding hydrogens is 256 g/mol. The van der Waals surface area contributed by atoms with E-state index in [1.807, 2.05) is 13.8 Å². The fourth-order valence-electron chi connectivity index (χ4n) is 1.40. The summed E-state index contributed by atoms with van der Waals surface area (Å²) in [6.45, 7) is 9.20. The molecule has 0 saturated heterocycles. The molecule has 0 radical (unpaired) electrons. The van der Waals surface area contributed by atoms with Crippen LogP contribution < -0.4 is 0 Å². The quantitative estimate of drug-likeness (QED) is 0.384. The topological polar surface area (TPSA) is 83.5 Å². The number of hydrogen-bond donors (Lipinski definition) is 0. The van der Waals surface area contributed by atoms with Crippen LogP contribution >= 0.6 is 0 Å². The van der Waals surface area contributed by atoms with Gasteiger partial charge in [-0.1, -0.05) is 20.4 Å². The van der Waals surface area contributed by atoms with Gasteiger partial charge < -0.3 is 9.29 Å². The first kappa shape index (κ1) is 17.1. The van der Waals surface area contributed by atoms with E-state index in [1.54, 1.807) is 6.92 Å². The van der Waals surface area contributed by atoms with E-state index in [0.29, 0.717) is 24.8 Å². The lowest BCUT2D eigenvalue weighted by atomic mass is 9.85. The van der Waals surface area contributed by atoms with Crippen molar-refractivity contribution >= 4 is 16.1 Å². The molecule has 0 amide bonds. The molecule has 0 aromatic heterocycles. The van der Waals surface area contributed by atoms with Crippen LogP contribution in [0.15, 0.2) is 12.2 Å². The Balaban J connectivity index is 3.94. The second-order valence-electron chi connectivity index (χ2n) is 5.20. The fraction of sp³-hybridized carbons (Fsp3) is 0.750. The van der Waals surface area contributed by atoms with Gasteiger partial charge in [-0.25, -0.2) is 13.2 Å². The molecule has 0 aromatic carbocycles. The number of carbonyl (C=O) groups is 1. The van der Waals surface area contributed by atoms with Crippen LogP contribution in [0.5, 0.6) is 0 Å². The zero-order valence-corrected chi connectivity index (χ0v) is 12.0. The van der Waals surface area contributed by atoms with Crippen molar-refractivity contribution in [2.45, 2.75) is 40.0 Å². The maximum atomic E-state index is 11.1. The summed E-state index contributed by atoms with van der Waals surface area (Å²) in [7, 11) is -4.14. The lowest BCUT2D eigenvalue weighted by molar-refractivity contribution is -0.139. The molecule has 0 fully saturated rings. The summed E-state index contributed by atoms with van der Waals surface area (Å²) < 4.78 is 36.4. The van der Waals surface area contributed by atoms with E-state index >= 15 is 0 Å². The van der Waals surface area contributed by atoms with Crippen molar-refractivity contribution in [1.29, 1.82) is 0 Å². The lowest BCUT2D eigenvalue weighted by Crippen LogP contribution is -2.18. The number of ether oxygens (including phenoxy) is 1. The van der Waals surface area contributed by atoms with Gasteiger partial charge in [0.2, 0.25) is 0 Å². The van der Waals surface area contributed by atoms with Gasteiger partial charge in [-0.15, -0.1) is 0 Å². The molecule has 0 atom stereocenters. The first-order valence-electron chi connectivity index (χ1n) is 5.80. The number of esters is 1. The Morgan fingerprint density at radius 2 is 1.89 bits per heavy atom. The molecule has 106 valence electrons. The van der Waals surface area contributed by atoms with Gasteiger partial charge in [0.15, 0.2) is 0 Å². The molecule has 0 aromatic rings. The highest BCUT2D eigenvalue weighted by Crippen LogP contribution is 2.26. The van der Waals surface area contributed by atoms with E-state index < -0.39 is 16.1 Å². The Morgan fingerprint density at radius 3 is 2.33 bits per heavy atom. The third-order valence-corrected chi connectivity index (χ3v) is 3.40. The first-order chi connectivity index (χ1) is 8.03. The molecule has 0 saturated carbocycles. The highest BCUT2D eigenvalue weighted by molar-refractivity contribution is 7.85. The maximum Gasteiger partial charge on any atom is 0.333 e. The summed E-state index contributed by atoms with van der Waals surface area (Å²) >= 11 is 0. The molecule has 0 N–H and O–H groups in total. The standard InChI is InChI=1S/C12H22O5S/c1-10(2)11(13)17-8-7-12(3,4)6-5-9-18(14,15)16/h1,5-9H2,2-4H3,(H,14,15,16)/p-1. The normalized spacial score (nSPS) is 12.2. The molecule has 6 heteroatoms. The lowest BCUT2D eigenvalue weighted by Gasteiger charge is -2.24. The monoisotopic (exact) mass is 277 g/mol. The molecule has 5 nitrogen and oxygen atoms in total. The van der Waals surface area contributed by atoms with Gasteiger partial charge in [0, 0.05) is 11.3 Å². The highest BCUT2D eigenvalue weighted by Gasteiger charge is 2.18. The second kappa shape index (κ2) is 6.89. The van der Waals surface area contributed by atoms with Crippen LogP contribution in [0.4, 0.5) is 0 Å². The molecule has 0 spiro atoms. The number of hydrogen-bond acceptors (Lipinski definition) is 5. The highest BCUT2D eigenvalue weighted by atomic mass is 32.2. The van der Waals surface area contributed by atoms with Crippen molar-refractivity contribution in [3.05, 3.63) is 12.2 Å². The Labute approximate surface area is 109 Å². The van der Waals surface area contributed by atoms with E-state index in [-0.39, 0.29) is 17.8 Å². The molecule has 0 aliphatic carbocycles. The molecule has 0 unspecified atom stereocenters. The van der Waals surface area contributed by atoms with Gasteiger partial charge in [0.1, 0.15) is 0 Å². The SMILES string of the molecule is C=C(C)C(=O)OCCC(C)(C)CCCS(=O)(=O)[O-]. The molecule has 0 aliphatic heterocycles. The van der Waals surface area contributed by atoms with Crippen LogP contribution in [-0.2, 0) is 19.6 Å². The van der Waals surface area contributed by atoms with E-state index in [0.717, 1.165) is 0 Å². The number of carbonyl (C=O) groups excluding carboxylic acids is 1. The molecule has 0 bridgehead atoms. The molecule has 0 heterocycles. The van der Waals surface area contributed by atoms with E-state index in [1.165, 1.54) is 0 Å². The van der Waals surface area contributed by atoms with Gasteiger partial charge in [0.05, 0.1) is 16.7 Å². The van der Waals surface area contributed by atoms with Crippen molar-refractivity contribution in [3.63, 3.8) is 0 Å². The molecule has 18 heavy (non-hydrogen) atoms. The van der Waals surface area contributed by atoms with Gasteiger partial charge >= 0.3 is 5.97 Å². The summed E-state index contributed by atoms with van der Waals surface area (Å²) in [5.41, 5.74) is 0.185. The fourth-order valence-corrected chi connectivity index (χ4v) is 1.89. The maximum absolute atomic E-state index is 11.1. The summed E-state index contributed by atoms with van der Waals surface area (Å²) in [6.07, 6.45) is 1.54. The Morgan fingerprint density at radius 1 is 1.33 bits per heavy atom. The van der Waals surface area contributed by atoms with Crippen molar-refractivity contribution in [1.82, 2.24) is 0 Å². The van der Waals surface area contributed by atoms with Gasteiger partial charge in [-0.05, 0) is 31.6 Å². The van der Waals surface area contributed by atoms with Gasteiger partial charge in [-0.2, -0.15) is 0 Å². The van der Waals surface area contributed by atoms with Crippen molar-refractivity contribution < 1.29 is 22.5 Å². The number of rotatable bonds is 8. The average Bonchev–Trinajstić information content (AvgIpc) is 2.14. The molecule has 0 aliphatic rings. The zero-order chi connectivity index (χ0) is 14.4. The third-order valence-electron chi connectivity index (χ3n) is 2.61. The van der Waals surface area contributed by atoms with E-state index in [2.05, 4.69) is 6.58 Å². The van der Waals surface area contributed by atoms with Crippen LogP contribution in [0.3, 0.4) is 0 Å². The predicted octanol–water partition coefficient (Wildman–Crippen LogP) is 1.85. The minimum atomic E-state index is -4.14. The Hall–Kier alpha value is -0.880. The zero-order valence-electron chi connectivity index (χ0n) is 11.2. The van der Waals surface area contributed by atoms with Crippen LogP contribution in [0, 0.1) is 5.41 Å². The second-order valence-corrected chi connectivity index (χ2v) is 6.72. The van der Waals surface area contributed by atoms with Gasteiger partial charge in [0.25, 0.3) is 0 Å². The Kier molecular flexibility index (Phi) is 6.56. The van der Waals surface area contributed by atoms with E-state index in [4.69, 9.17) is 4.74 Å². The van der Waals surface area contributed by atoms with Crippen LogP contribution in [-0.4, -0.2) is 31.3 Å². The summed E-state index contributed by atoms with van der Waals surface area (Å²) in [6, 6.07) is 0. The minimum Gasteiger partial charge on any atom is -0.748 e. The molecule has 0 rings (SSSR count). The average molecular weight is 277 g/mol. The summed E-state index contributed by atoms with van der Waals surface area (Å²) in [4.78, 5) is 11.1.